The summed E-state index contributed by atoms with van der Waals surface area (Å²) in [6, 6.07) is 24.3. The number of nitrogens with zero attached hydrogens (tertiary/aromatic N) is 5. The number of piperazine rings is 1. The van der Waals surface area contributed by atoms with Crippen molar-refractivity contribution in [3.05, 3.63) is 78.4 Å². The van der Waals surface area contributed by atoms with Crippen molar-refractivity contribution in [2.75, 3.05) is 66.3 Å². The molecule has 2 saturated heterocycles. The minimum Gasteiger partial charge on any atom is -0.380 e. The zero-order valence-corrected chi connectivity index (χ0v) is 28.5. The number of fused-ring (bicyclic) bond motifs is 3. The summed E-state index contributed by atoms with van der Waals surface area (Å²) in [6.07, 6.45) is -0.0996. The number of para-hydroxylation sites is 2. The molecule has 4 aromatic rings. The highest BCUT2D eigenvalue weighted by Gasteiger charge is 2.38. The molecule has 11 heteroatoms. The normalized spacial score (nSPS) is 21.7. The Morgan fingerprint density at radius 1 is 0.913 bits per heavy atom. The molecule has 6 rings (SSSR count). The third-order valence-corrected chi connectivity index (χ3v) is 12.3. The molecule has 3 unspecified atom stereocenters. The highest BCUT2D eigenvalue weighted by molar-refractivity contribution is 7.58. The molecule has 242 valence electrons. The zero-order chi connectivity index (χ0) is 32.6. The summed E-state index contributed by atoms with van der Waals surface area (Å²) >= 11 is 0. The van der Waals surface area contributed by atoms with Crippen molar-refractivity contribution in [1.29, 1.82) is 0 Å². The number of carbonyl (C=O) groups is 1. The number of benzene rings is 3. The molecule has 46 heavy (non-hydrogen) atoms. The lowest BCUT2D eigenvalue weighted by atomic mass is 9.94. The average Bonchev–Trinajstić information content (AvgIpc) is 3.38. The van der Waals surface area contributed by atoms with Crippen LogP contribution in [0.5, 0.6) is 0 Å². The smallest absolute Gasteiger partial charge is 0.253 e. The van der Waals surface area contributed by atoms with Crippen LogP contribution in [0.1, 0.15) is 31.1 Å². The molecule has 3 atom stereocenters. The highest BCUT2D eigenvalue weighted by atomic mass is 31.2. The van der Waals surface area contributed by atoms with E-state index in [1.165, 1.54) is 10.8 Å². The second kappa shape index (κ2) is 13.3. The molecule has 0 aliphatic carbocycles. The van der Waals surface area contributed by atoms with Crippen LogP contribution < -0.4 is 0 Å². The van der Waals surface area contributed by atoms with Gasteiger partial charge in [-0.05, 0) is 71.3 Å². The van der Waals surface area contributed by atoms with Gasteiger partial charge in [-0.1, -0.05) is 36.4 Å². The van der Waals surface area contributed by atoms with Crippen LogP contribution in [0.4, 0.5) is 0 Å². The largest absolute Gasteiger partial charge is 0.380 e. The fourth-order valence-corrected chi connectivity index (χ4v) is 8.66. The number of hydrogen-bond donors (Lipinski definition) is 0. The van der Waals surface area contributed by atoms with Crippen molar-refractivity contribution in [3.8, 4) is 5.69 Å². The van der Waals surface area contributed by atoms with Crippen molar-refractivity contribution in [2.24, 2.45) is 0 Å². The van der Waals surface area contributed by atoms with Gasteiger partial charge in [0.05, 0.1) is 23.7 Å². The van der Waals surface area contributed by atoms with Crippen molar-refractivity contribution in [1.82, 2.24) is 23.7 Å². The van der Waals surface area contributed by atoms with Gasteiger partial charge in [-0.25, -0.2) is 9.34 Å². The van der Waals surface area contributed by atoms with Gasteiger partial charge in [-0.15, -0.1) is 0 Å². The minimum atomic E-state index is -3.00. The molecule has 2 aliphatic heterocycles. The SMILES string of the molecule is [B]C1CN(C(C)(C)C)CC(COCP(=O)(N(C)C)N2CCN(C(=O)c3ccc(-n4c5ccccc5c5ccccc54)cc3)CC2)O1. The van der Waals surface area contributed by atoms with E-state index in [0.717, 1.165) is 16.7 Å². The van der Waals surface area contributed by atoms with Crippen LogP contribution in [-0.4, -0.2) is 121 Å². The van der Waals surface area contributed by atoms with Gasteiger partial charge in [0, 0.05) is 72.8 Å². The summed E-state index contributed by atoms with van der Waals surface area (Å²) < 4.78 is 32.2. The maximum atomic E-state index is 14.2. The Bertz CT molecular complexity index is 1680. The van der Waals surface area contributed by atoms with Gasteiger partial charge < -0.3 is 18.9 Å². The Morgan fingerprint density at radius 2 is 1.50 bits per heavy atom. The van der Waals surface area contributed by atoms with E-state index in [2.05, 4.69) is 78.8 Å². The zero-order valence-electron chi connectivity index (χ0n) is 27.6. The van der Waals surface area contributed by atoms with Crippen LogP contribution in [0.15, 0.2) is 72.8 Å². The van der Waals surface area contributed by atoms with E-state index < -0.39 is 7.44 Å². The van der Waals surface area contributed by atoms with Gasteiger partial charge in [-0.3, -0.25) is 14.3 Å². The maximum absolute atomic E-state index is 14.2. The Balaban J connectivity index is 1.08. The third-order valence-electron chi connectivity index (χ3n) is 9.27. The molecular formula is C35H45BN5O4P. The molecule has 2 aliphatic rings. The molecule has 0 bridgehead atoms. The first-order chi connectivity index (χ1) is 22.0. The first-order valence-electron chi connectivity index (χ1n) is 16.1. The van der Waals surface area contributed by atoms with E-state index in [1.54, 1.807) is 4.67 Å². The molecule has 0 saturated carbocycles. The Labute approximate surface area is 273 Å². The summed E-state index contributed by atoms with van der Waals surface area (Å²) in [5, 5.41) is 2.41. The quantitative estimate of drug-likeness (QED) is 0.192. The number of amides is 1. The van der Waals surface area contributed by atoms with Crippen LogP contribution in [-0.2, 0) is 14.0 Å². The number of ether oxygens (including phenoxy) is 2. The lowest BCUT2D eigenvalue weighted by Gasteiger charge is -2.44. The highest BCUT2D eigenvalue weighted by Crippen LogP contribution is 2.51. The average molecular weight is 642 g/mol. The monoisotopic (exact) mass is 641 g/mol. The van der Waals surface area contributed by atoms with E-state index in [4.69, 9.17) is 17.3 Å². The number of carbonyl (C=O) groups excluding carboxylic acids is 1. The van der Waals surface area contributed by atoms with Crippen molar-refractivity contribution >= 4 is 43.0 Å². The van der Waals surface area contributed by atoms with Crippen molar-refractivity contribution in [3.63, 3.8) is 0 Å². The minimum absolute atomic E-state index is 0.0152. The summed E-state index contributed by atoms with van der Waals surface area (Å²) in [4.78, 5) is 17.7. The lowest BCUT2D eigenvalue weighted by molar-refractivity contribution is -0.101. The molecule has 1 aromatic heterocycles. The molecule has 2 fully saturated rings. The number of morpholine rings is 1. The van der Waals surface area contributed by atoms with E-state index in [-0.39, 0.29) is 29.9 Å². The second-order valence-corrected chi connectivity index (χ2v) is 16.5. The molecule has 0 N–H and O–H groups in total. The summed E-state index contributed by atoms with van der Waals surface area (Å²) in [7, 11) is 6.82. The van der Waals surface area contributed by atoms with Crippen LogP contribution in [0.2, 0.25) is 0 Å². The molecule has 1 amide bonds. The Kier molecular flexibility index (Phi) is 9.50. The maximum Gasteiger partial charge on any atom is 0.253 e. The summed E-state index contributed by atoms with van der Waals surface area (Å²) in [5.74, 6) is -0.0152. The predicted molar refractivity (Wildman–Crippen MR) is 186 cm³/mol. The molecule has 9 nitrogen and oxygen atoms in total. The fraction of sp³-hybridized carbons (Fsp3) is 0.457. The van der Waals surface area contributed by atoms with Gasteiger partial charge >= 0.3 is 0 Å². The summed E-state index contributed by atoms with van der Waals surface area (Å²) in [5.41, 5.74) is 3.90. The number of rotatable bonds is 8. The first-order valence-corrected chi connectivity index (χ1v) is 17.9. The fourth-order valence-electron chi connectivity index (χ4n) is 6.61. The van der Waals surface area contributed by atoms with Crippen molar-refractivity contribution < 1.29 is 18.8 Å². The standard InChI is InChI=1S/C35H45BN5O4P/c1-35(2,3)39-22-28(45-33(36)23-39)24-44-25-46(43,37(4)5)40-20-18-38(19-21-40)34(42)26-14-16-27(17-15-26)41-31-12-8-6-10-29(31)30-11-7-9-13-32(30)41/h6-17,28,33H,18-25H2,1-5H3. The van der Waals surface area contributed by atoms with Crippen LogP contribution >= 0.6 is 7.44 Å². The molecular weight excluding hydrogens is 596 g/mol. The number of aromatic nitrogens is 1. The van der Waals surface area contributed by atoms with Crippen LogP contribution in [0.3, 0.4) is 0 Å². The number of hydrogen-bond acceptors (Lipinski definition) is 5. The van der Waals surface area contributed by atoms with Crippen molar-refractivity contribution in [2.45, 2.75) is 38.4 Å². The lowest BCUT2D eigenvalue weighted by Crippen LogP contribution is -2.56. The van der Waals surface area contributed by atoms with E-state index in [0.29, 0.717) is 51.4 Å². The van der Waals surface area contributed by atoms with Crippen LogP contribution in [0, 0.1) is 0 Å². The molecule has 3 aromatic carbocycles. The van der Waals surface area contributed by atoms with E-state index in [1.807, 2.05) is 47.9 Å². The van der Waals surface area contributed by atoms with Gasteiger partial charge in [-0.2, -0.15) is 0 Å². The Hall–Kier alpha value is -2.98. The molecule has 3 heterocycles. The van der Waals surface area contributed by atoms with E-state index in [9.17, 15) is 9.36 Å². The van der Waals surface area contributed by atoms with Gasteiger partial charge in [0.25, 0.3) is 5.91 Å². The van der Waals surface area contributed by atoms with Gasteiger partial charge in [0.15, 0.2) is 0 Å². The third kappa shape index (κ3) is 6.57. The molecule has 0 spiro atoms. The first kappa shape index (κ1) is 32.9. The van der Waals surface area contributed by atoms with E-state index >= 15 is 0 Å². The predicted octanol–water partition coefficient (Wildman–Crippen LogP) is 5.26. The molecule has 2 radical (unpaired) electrons. The van der Waals surface area contributed by atoms with Gasteiger partial charge in [0.1, 0.15) is 14.2 Å². The van der Waals surface area contributed by atoms with Crippen LogP contribution in [0.25, 0.3) is 27.5 Å². The van der Waals surface area contributed by atoms with Gasteiger partial charge in [0.2, 0.25) is 7.44 Å². The second-order valence-electron chi connectivity index (χ2n) is 13.5. The Morgan fingerprint density at radius 3 is 2.07 bits per heavy atom. The summed E-state index contributed by atoms with van der Waals surface area (Å²) in [6.45, 7) is 10.2. The topological polar surface area (TPSA) is 70.5 Å².